The maximum atomic E-state index is 7.96. The Morgan fingerprint density at radius 3 is 1.66 bits per heavy atom. The maximum absolute atomic E-state index is 7.96. The summed E-state index contributed by atoms with van der Waals surface area (Å²) in [6, 6.07) is 10.7. The van der Waals surface area contributed by atoms with Crippen LogP contribution >= 0.6 is 22.6 Å². The van der Waals surface area contributed by atoms with E-state index in [0.29, 0.717) is 48.6 Å². The van der Waals surface area contributed by atoms with E-state index in [1.54, 1.807) is 58.7 Å². The number of hydrogen-bond donors (Lipinski definition) is 4. The molecule has 340 valence electrons. The molecule has 20 nitrogen and oxygen atoms in total. The Kier molecular flexibility index (Phi) is 22.4. The zero-order chi connectivity index (χ0) is 49.0. The van der Waals surface area contributed by atoms with Crippen LogP contribution in [0.4, 0.5) is 29.2 Å². The number of azide groups is 1. The maximum Gasteiger partial charge on any atom is 0.222 e. The van der Waals surface area contributed by atoms with Gasteiger partial charge < -0.3 is 22.9 Å². The van der Waals surface area contributed by atoms with Crippen molar-refractivity contribution in [3.8, 4) is 59.4 Å². The average molecular weight is 1030 g/mol. The second-order valence-corrected chi connectivity index (χ2v) is 20.0. The normalized spacial score (nSPS) is 9.61. The molecular formula is C45H49IN20Si. The minimum atomic E-state index is -1.15. The Morgan fingerprint density at radius 1 is 0.687 bits per heavy atom. The van der Waals surface area contributed by atoms with Crippen LogP contribution in [0.3, 0.4) is 0 Å². The van der Waals surface area contributed by atoms with Gasteiger partial charge in [-0.3, -0.25) is 15.0 Å². The molecule has 7 aromatic rings. The Morgan fingerprint density at radius 2 is 1.18 bits per heavy atom. The molecule has 67 heavy (non-hydrogen) atoms. The quantitative estimate of drug-likeness (QED) is 0.0338. The smallest absolute Gasteiger partial charge is 0.222 e. The fourth-order valence-electron chi connectivity index (χ4n) is 4.86. The molecule has 0 aliphatic rings. The highest BCUT2D eigenvalue weighted by molar-refractivity contribution is 14.1. The standard InChI is InChI=1S/C16H16N8.C10H8N4.C8H12Si.C6H9IN4.C5H4N4/c1-2-14-13(15(17)21-16(18)20-14)5-3-4-11-10-24(23-22-11)12-6-8-19-9-7-12;1-2-3-9-8-14(13-12-9)10-4-6-11-7-5-10;1-5-6-7-8-9(2,3)4;1-2-3-4(7)5(8)11-6(9)10-3;6-9-8-5-1-3-7-4-2-5/h6-10H,2,4H2,1H3,(H4,17,18,20,21);1,4-8H,3H2;1H,6H2,2-4H3;2H2,1H3,(H4,8,9,10,11);1-4H. The van der Waals surface area contributed by atoms with Gasteiger partial charge in [0.15, 0.2) is 0 Å². The monoisotopic (exact) mass is 1020 g/mol. The van der Waals surface area contributed by atoms with Gasteiger partial charge in [0.05, 0.1) is 74.9 Å². The van der Waals surface area contributed by atoms with Crippen LogP contribution in [0.2, 0.25) is 19.6 Å². The summed E-state index contributed by atoms with van der Waals surface area (Å²) in [7, 11) is -1.15. The van der Waals surface area contributed by atoms with Gasteiger partial charge in [0.25, 0.3) is 0 Å². The topological polar surface area (TPSA) is 304 Å². The molecule has 0 unspecified atom stereocenters. The summed E-state index contributed by atoms with van der Waals surface area (Å²) >= 11 is 2.12. The molecular weight excluding hydrogens is 976 g/mol. The van der Waals surface area contributed by atoms with Crippen molar-refractivity contribution in [1.82, 2.24) is 64.9 Å². The van der Waals surface area contributed by atoms with Crippen LogP contribution < -0.4 is 22.9 Å². The first-order chi connectivity index (χ1) is 32.2. The Labute approximate surface area is 404 Å². The van der Waals surface area contributed by atoms with E-state index >= 15 is 0 Å². The summed E-state index contributed by atoms with van der Waals surface area (Å²) in [5, 5.41) is 19.4. The van der Waals surface area contributed by atoms with Crippen LogP contribution in [-0.4, -0.2) is 72.9 Å². The lowest BCUT2D eigenvalue weighted by Gasteiger charge is -2.04. The van der Waals surface area contributed by atoms with Gasteiger partial charge in [-0.25, -0.2) is 19.3 Å². The van der Waals surface area contributed by atoms with Crippen molar-refractivity contribution in [1.29, 1.82) is 0 Å². The predicted molar refractivity (Wildman–Crippen MR) is 272 cm³/mol. The molecule has 0 bridgehead atoms. The summed E-state index contributed by atoms with van der Waals surface area (Å²) in [5.41, 5.74) is 39.8. The van der Waals surface area contributed by atoms with Crippen LogP contribution in [-0.2, 0) is 25.7 Å². The first-order valence-corrected chi connectivity index (χ1v) is 24.7. The average Bonchev–Trinajstić information content (AvgIpc) is 4.00. The minimum absolute atomic E-state index is 0.162. The van der Waals surface area contributed by atoms with E-state index < -0.39 is 8.07 Å². The van der Waals surface area contributed by atoms with Gasteiger partial charge in [0.1, 0.15) is 19.7 Å². The number of halogens is 1. The Bertz CT molecular complexity index is 2890. The van der Waals surface area contributed by atoms with E-state index in [2.05, 4.69) is 143 Å². The van der Waals surface area contributed by atoms with Gasteiger partial charge in [-0.1, -0.05) is 72.7 Å². The SMILES string of the molecule is C#CCC#C[Si](C)(C)C.C#CCc1cn(-c2ccncc2)nn1.CCc1nc(N)nc(N)c1C#CCc1cn(-c2ccncc2)nn1.CCc1nc(N)nc(N)c1I.[N-]=[N+]=Nc1ccncc1. The molecule has 7 heterocycles. The molecule has 7 aromatic heterocycles. The molecule has 0 radical (unpaired) electrons. The molecule has 0 aliphatic carbocycles. The summed E-state index contributed by atoms with van der Waals surface area (Å²) in [4.78, 5) is 30.2. The van der Waals surface area contributed by atoms with Crippen molar-refractivity contribution in [2.75, 3.05) is 22.9 Å². The van der Waals surface area contributed by atoms with Gasteiger partial charge in [0.2, 0.25) is 11.9 Å². The van der Waals surface area contributed by atoms with Crippen molar-refractivity contribution in [2.45, 2.75) is 65.6 Å². The third-order valence-corrected chi connectivity index (χ3v) is 9.94. The molecule has 0 aliphatic heterocycles. The third kappa shape index (κ3) is 19.5. The number of hydrogen-bond acceptors (Lipinski definition) is 16. The Balaban J connectivity index is 0.000000238. The fraction of sp³-hybridized carbons (Fsp3) is 0.222. The first-order valence-electron chi connectivity index (χ1n) is 20.1. The summed E-state index contributed by atoms with van der Waals surface area (Å²) in [5.74, 6) is 15.2. The van der Waals surface area contributed by atoms with E-state index in [1.807, 2.05) is 50.5 Å². The van der Waals surface area contributed by atoms with Crippen molar-refractivity contribution < 1.29 is 0 Å². The number of pyridine rings is 3. The fourth-order valence-corrected chi connectivity index (χ4v) is 6.10. The zero-order valence-corrected chi connectivity index (χ0v) is 40.8. The Hall–Kier alpha value is -8.41. The molecule has 0 atom stereocenters. The van der Waals surface area contributed by atoms with Crippen LogP contribution in [0.15, 0.2) is 91.1 Å². The summed E-state index contributed by atoms with van der Waals surface area (Å²) in [6.07, 6.45) is 26.9. The minimum Gasteiger partial charge on any atom is -0.383 e. The molecule has 0 saturated carbocycles. The number of nitrogens with two attached hydrogens (primary N) is 4. The number of nitrogen functional groups attached to an aromatic ring is 4. The van der Waals surface area contributed by atoms with Crippen LogP contribution in [0.25, 0.3) is 21.8 Å². The molecule has 0 spiro atoms. The molecule has 22 heteroatoms. The van der Waals surface area contributed by atoms with Crippen molar-refractivity contribution in [3.05, 3.63) is 128 Å². The van der Waals surface area contributed by atoms with E-state index in [1.165, 1.54) is 0 Å². The first kappa shape index (κ1) is 52.9. The molecule has 7 rings (SSSR count). The van der Waals surface area contributed by atoms with E-state index in [0.717, 1.165) is 44.1 Å². The second-order valence-electron chi connectivity index (χ2n) is 14.1. The largest absolute Gasteiger partial charge is 0.383 e. The van der Waals surface area contributed by atoms with Crippen LogP contribution in [0.1, 0.15) is 48.6 Å². The number of aromatic nitrogens is 13. The molecule has 0 aromatic carbocycles. The lowest BCUT2D eigenvalue weighted by atomic mass is 10.1. The number of anilines is 4. The molecule has 0 amide bonds. The van der Waals surface area contributed by atoms with E-state index in [4.69, 9.17) is 41.3 Å². The van der Waals surface area contributed by atoms with Crippen LogP contribution in [0.5, 0.6) is 0 Å². The zero-order valence-electron chi connectivity index (χ0n) is 37.6. The van der Waals surface area contributed by atoms with Crippen molar-refractivity contribution in [2.24, 2.45) is 5.11 Å². The lowest BCUT2D eigenvalue weighted by molar-refractivity contribution is 0.798. The van der Waals surface area contributed by atoms with Gasteiger partial charge in [-0.15, -0.1) is 34.5 Å². The van der Waals surface area contributed by atoms with Crippen molar-refractivity contribution in [3.63, 3.8) is 0 Å². The molecule has 8 N–H and O–H groups in total. The van der Waals surface area contributed by atoms with Gasteiger partial charge in [-0.2, -0.15) is 9.97 Å². The van der Waals surface area contributed by atoms with Crippen LogP contribution in [0, 0.1) is 51.6 Å². The lowest BCUT2D eigenvalue weighted by Crippen LogP contribution is -2.16. The summed E-state index contributed by atoms with van der Waals surface area (Å²) in [6.45, 7) is 10.6. The third-order valence-electron chi connectivity index (χ3n) is 7.84. The highest BCUT2D eigenvalue weighted by Crippen LogP contribution is 2.17. The summed E-state index contributed by atoms with van der Waals surface area (Å²) < 4.78 is 4.25. The molecule has 0 saturated heterocycles. The predicted octanol–water partition coefficient (Wildman–Crippen LogP) is 6.33. The van der Waals surface area contributed by atoms with Gasteiger partial charge >= 0.3 is 0 Å². The number of terminal acetylenes is 2. The number of rotatable bonds is 7. The van der Waals surface area contributed by atoms with E-state index in [9.17, 15) is 0 Å². The van der Waals surface area contributed by atoms with Gasteiger partial charge in [0, 0.05) is 47.8 Å². The van der Waals surface area contributed by atoms with E-state index in [-0.39, 0.29) is 11.9 Å². The number of nitrogens with zero attached hydrogens (tertiary/aromatic N) is 16. The second kappa shape index (κ2) is 28.4. The highest BCUT2D eigenvalue weighted by atomic mass is 127. The van der Waals surface area contributed by atoms with Gasteiger partial charge in [-0.05, 0) is 77.4 Å². The number of aryl methyl sites for hydroxylation is 2. The van der Waals surface area contributed by atoms with Crippen molar-refractivity contribution >= 4 is 59.9 Å². The molecule has 0 fully saturated rings. The highest BCUT2D eigenvalue weighted by Gasteiger charge is 2.09.